The van der Waals surface area contributed by atoms with Gasteiger partial charge in [0, 0.05) is 31.3 Å². The lowest BCUT2D eigenvalue weighted by molar-refractivity contribution is 0.147. The number of nitrogens with zero attached hydrogens (tertiary/aromatic N) is 1. The highest BCUT2D eigenvalue weighted by molar-refractivity contribution is 5.94. The van der Waals surface area contributed by atoms with Crippen molar-refractivity contribution in [3.63, 3.8) is 0 Å². The van der Waals surface area contributed by atoms with Crippen LogP contribution in [0, 0.1) is 0 Å². The lowest BCUT2D eigenvalue weighted by atomic mass is 10.1. The van der Waals surface area contributed by atoms with Crippen molar-refractivity contribution in [3.8, 4) is 11.5 Å². The molecule has 0 spiro atoms. The molecule has 1 aromatic heterocycles. The van der Waals surface area contributed by atoms with Gasteiger partial charge in [-0.2, -0.15) is 0 Å². The minimum Gasteiger partial charge on any atom is -0.493 e. The molecular formula is C16H22N2O3. The molecular weight excluding hydrogens is 268 g/mol. The van der Waals surface area contributed by atoms with Crippen molar-refractivity contribution < 1.29 is 14.2 Å². The van der Waals surface area contributed by atoms with E-state index in [2.05, 4.69) is 10.3 Å². The van der Waals surface area contributed by atoms with Crippen LogP contribution in [0.3, 0.4) is 0 Å². The van der Waals surface area contributed by atoms with Crippen molar-refractivity contribution in [3.05, 3.63) is 24.4 Å². The molecule has 114 valence electrons. The highest BCUT2D eigenvalue weighted by Gasteiger charge is 2.09. The van der Waals surface area contributed by atoms with Gasteiger partial charge in [0.1, 0.15) is 5.82 Å². The van der Waals surface area contributed by atoms with Crippen molar-refractivity contribution in [2.45, 2.75) is 13.3 Å². The summed E-state index contributed by atoms with van der Waals surface area (Å²) in [5.74, 6) is 2.28. The highest BCUT2D eigenvalue weighted by atomic mass is 16.5. The summed E-state index contributed by atoms with van der Waals surface area (Å²) < 4.78 is 16.0. The highest BCUT2D eigenvalue weighted by Crippen LogP contribution is 2.34. The Kier molecular flexibility index (Phi) is 5.63. The molecule has 0 radical (unpaired) electrons. The average molecular weight is 290 g/mol. The molecule has 0 aliphatic carbocycles. The molecule has 0 aliphatic heterocycles. The number of pyridine rings is 1. The maximum absolute atomic E-state index is 5.36. The van der Waals surface area contributed by atoms with Crippen LogP contribution in [-0.2, 0) is 4.74 Å². The summed E-state index contributed by atoms with van der Waals surface area (Å²) in [7, 11) is 3.27. The van der Waals surface area contributed by atoms with Gasteiger partial charge in [-0.15, -0.1) is 0 Å². The number of hydrogen-bond donors (Lipinski definition) is 1. The number of fused-ring (bicyclic) bond motifs is 1. The van der Waals surface area contributed by atoms with E-state index in [1.807, 2.05) is 25.1 Å². The van der Waals surface area contributed by atoms with Crippen molar-refractivity contribution >= 4 is 16.6 Å². The first kappa shape index (κ1) is 15.4. The zero-order valence-corrected chi connectivity index (χ0v) is 12.8. The Bertz CT molecular complexity index is 587. The Labute approximate surface area is 125 Å². The summed E-state index contributed by atoms with van der Waals surface area (Å²) in [4.78, 5) is 4.41. The Balaban J connectivity index is 2.19. The fraction of sp³-hybridized carbons (Fsp3) is 0.438. The molecule has 21 heavy (non-hydrogen) atoms. The number of benzene rings is 1. The van der Waals surface area contributed by atoms with Crippen molar-refractivity contribution in [1.29, 1.82) is 0 Å². The van der Waals surface area contributed by atoms with E-state index < -0.39 is 0 Å². The van der Waals surface area contributed by atoms with Crippen LogP contribution in [0.1, 0.15) is 13.3 Å². The first-order chi connectivity index (χ1) is 10.3. The lowest BCUT2D eigenvalue weighted by Crippen LogP contribution is -2.07. The molecule has 0 saturated carbocycles. The van der Waals surface area contributed by atoms with E-state index in [1.54, 1.807) is 20.4 Å². The van der Waals surface area contributed by atoms with E-state index in [0.29, 0.717) is 5.75 Å². The summed E-state index contributed by atoms with van der Waals surface area (Å²) in [5, 5.41) is 5.43. The third kappa shape index (κ3) is 3.76. The molecule has 0 bridgehead atoms. The molecule has 0 amide bonds. The van der Waals surface area contributed by atoms with Gasteiger partial charge in [-0.25, -0.2) is 4.98 Å². The molecule has 1 N–H and O–H groups in total. The van der Waals surface area contributed by atoms with Gasteiger partial charge in [0.25, 0.3) is 0 Å². The van der Waals surface area contributed by atoms with E-state index in [0.717, 1.165) is 48.5 Å². The molecule has 1 aromatic carbocycles. The fourth-order valence-electron chi connectivity index (χ4n) is 2.17. The Morgan fingerprint density at radius 3 is 2.62 bits per heavy atom. The van der Waals surface area contributed by atoms with Crippen LogP contribution in [0.15, 0.2) is 24.4 Å². The first-order valence-corrected chi connectivity index (χ1v) is 7.12. The molecule has 5 heteroatoms. The van der Waals surface area contributed by atoms with Gasteiger partial charge >= 0.3 is 0 Å². The van der Waals surface area contributed by atoms with Gasteiger partial charge in [-0.3, -0.25) is 0 Å². The third-order valence-corrected chi connectivity index (χ3v) is 3.23. The molecule has 0 atom stereocenters. The molecule has 2 aromatic rings. The largest absolute Gasteiger partial charge is 0.493 e. The number of hydrogen-bond acceptors (Lipinski definition) is 5. The van der Waals surface area contributed by atoms with Gasteiger partial charge in [0.2, 0.25) is 0 Å². The van der Waals surface area contributed by atoms with E-state index >= 15 is 0 Å². The second-order valence-corrected chi connectivity index (χ2v) is 4.57. The lowest BCUT2D eigenvalue weighted by Gasteiger charge is -2.12. The fourth-order valence-corrected chi connectivity index (χ4v) is 2.17. The molecule has 1 heterocycles. The number of aromatic nitrogens is 1. The number of rotatable bonds is 8. The maximum atomic E-state index is 5.36. The van der Waals surface area contributed by atoms with Gasteiger partial charge in [0.05, 0.1) is 14.2 Å². The van der Waals surface area contributed by atoms with Crippen LogP contribution in [0.5, 0.6) is 11.5 Å². The Hall–Kier alpha value is -2.01. The normalized spacial score (nSPS) is 10.6. The maximum Gasteiger partial charge on any atom is 0.161 e. The van der Waals surface area contributed by atoms with Gasteiger partial charge in [0.15, 0.2) is 11.5 Å². The molecule has 5 nitrogen and oxygen atoms in total. The number of anilines is 1. The van der Waals surface area contributed by atoms with Crippen LogP contribution in [0.4, 0.5) is 5.82 Å². The Morgan fingerprint density at radius 2 is 1.90 bits per heavy atom. The topological polar surface area (TPSA) is 52.6 Å². The smallest absolute Gasteiger partial charge is 0.161 e. The molecule has 0 unspecified atom stereocenters. The zero-order valence-electron chi connectivity index (χ0n) is 12.8. The summed E-state index contributed by atoms with van der Waals surface area (Å²) in [6.45, 7) is 4.33. The number of methoxy groups -OCH3 is 2. The molecule has 0 fully saturated rings. The minimum atomic E-state index is 0.704. The van der Waals surface area contributed by atoms with Crippen LogP contribution in [-0.4, -0.2) is 39.0 Å². The third-order valence-electron chi connectivity index (χ3n) is 3.23. The molecule has 0 aliphatic rings. The SMILES string of the molecule is CCOCCCNc1nccc2cc(OC)c(OC)cc12. The standard InChI is InChI=1S/C16H22N2O3/c1-4-21-9-5-7-17-16-13-11-15(20-3)14(19-2)10-12(13)6-8-18-16/h6,8,10-11H,4-5,7,9H2,1-3H3,(H,17,18). The monoisotopic (exact) mass is 290 g/mol. The predicted molar refractivity (Wildman–Crippen MR) is 84.4 cm³/mol. The van der Waals surface area contributed by atoms with E-state index in [4.69, 9.17) is 14.2 Å². The second kappa shape index (κ2) is 7.69. The van der Waals surface area contributed by atoms with Crippen molar-refractivity contribution in [2.75, 3.05) is 39.3 Å². The molecule has 2 rings (SSSR count). The van der Waals surface area contributed by atoms with Crippen molar-refractivity contribution in [2.24, 2.45) is 0 Å². The summed E-state index contributed by atoms with van der Waals surface area (Å²) >= 11 is 0. The summed E-state index contributed by atoms with van der Waals surface area (Å²) in [6, 6.07) is 5.87. The van der Waals surface area contributed by atoms with Gasteiger partial charge < -0.3 is 19.5 Å². The average Bonchev–Trinajstić information content (AvgIpc) is 2.53. The molecule has 0 saturated heterocycles. The quantitative estimate of drug-likeness (QED) is 0.757. The van der Waals surface area contributed by atoms with E-state index in [1.165, 1.54) is 0 Å². The van der Waals surface area contributed by atoms with Crippen LogP contribution in [0.2, 0.25) is 0 Å². The van der Waals surface area contributed by atoms with Crippen molar-refractivity contribution in [1.82, 2.24) is 4.98 Å². The number of ether oxygens (including phenoxy) is 3. The predicted octanol–water partition coefficient (Wildman–Crippen LogP) is 3.09. The van der Waals surface area contributed by atoms with Gasteiger partial charge in [-0.05, 0) is 36.9 Å². The second-order valence-electron chi connectivity index (χ2n) is 4.57. The van der Waals surface area contributed by atoms with E-state index in [9.17, 15) is 0 Å². The van der Waals surface area contributed by atoms with Crippen LogP contribution < -0.4 is 14.8 Å². The minimum absolute atomic E-state index is 0.704. The number of nitrogens with one attached hydrogen (secondary N) is 1. The Morgan fingerprint density at radius 1 is 1.14 bits per heavy atom. The summed E-state index contributed by atoms with van der Waals surface area (Å²) in [5.41, 5.74) is 0. The van der Waals surface area contributed by atoms with E-state index in [-0.39, 0.29) is 0 Å². The van der Waals surface area contributed by atoms with Crippen LogP contribution in [0.25, 0.3) is 10.8 Å². The summed E-state index contributed by atoms with van der Waals surface area (Å²) in [6.07, 6.45) is 2.73. The van der Waals surface area contributed by atoms with Gasteiger partial charge in [-0.1, -0.05) is 0 Å². The van der Waals surface area contributed by atoms with Crippen LogP contribution >= 0.6 is 0 Å². The zero-order chi connectivity index (χ0) is 15.1. The first-order valence-electron chi connectivity index (χ1n) is 7.12.